The van der Waals surface area contributed by atoms with Crippen molar-refractivity contribution >= 4 is 0 Å². The van der Waals surface area contributed by atoms with Crippen LogP contribution in [0.15, 0.2) is 6.20 Å². The first-order chi connectivity index (χ1) is 8.51. The van der Waals surface area contributed by atoms with Crippen LogP contribution in [-0.2, 0) is 13.0 Å². The van der Waals surface area contributed by atoms with Crippen LogP contribution in [0.5, 0.6) is 0 Å². The number of nitrogens with zero attached hydrogens (tertiary/aromatic N) is 3. The molecule has 3 nitrogen and oxygen atoms in total. The Morgan fingerprint density at radius 3 is 2.56 bits per heavy atom. The summed E-state index contributed by atoms with van der Waals surface area (Å²) in [6.07, 6.45) is 10.8. The minimum absolute atomic E-state index is 0.427. The van der Waals surface area contributed by atoms with Gasteiger partial charge >= 0.3 is 0 Å². The lowest BCUT2D eigenvalue weighted by atomic mass is 9.89. The maximum Gasteiger partial charge on any atom is 0.0827 e. The minimum Gasteiger partial charge on any atom is -0.252 e. The normalized spacial score (nSPS) is 12.0. The van der Waals surface area contributed by atoms with Gasteiger partial charge in [0.25, 0.3) is 0 Å². The monoisotopic (exact) mass is 251 g/mol. The molecule has 0 aliphatic carbocycles. The van der Waals surface area contributed by atoms with E-state index in [1.165, 1.54) is 38.5 Å². The zero-order valence-corrected chi connectivity index (χ0v) is 12.6. The van der Waals surface area contributed by atoms with Crippen molar-refractivity contribution in [2.75, 3.05) is 0 Å². The van der Waals surface area contributed by atoms with Gasteiger partial charge in [0.05, 0.1) is 5.69 Å². The minimum atomic E-state index is 0.427. The zero-order chi connectivity index (χ0) is 13.4. The highest BCUT2D eigenvalue weighted by Crippen LogP contribution is 2.21. The van der Waals surface area contributed by atoms with Crippen molar-refractivity contribution in [3.8, 4) is 0 Å². The molecule has 0 N–H and O–H groups in total. The fourth-order valence-electron chi connectivity index (χ4n) is 2.06. The molecule has 3 heteroatoms. The Morgan fingerprint density at radius 2 is 1.89 bits per heavy atom. The van der Waals surface area contributed by atoms with E-state index in [9.17, 15) is 0 Å². The highest BCUT2D eigenvalue weighted by Gasteiger charge is 2.10. The van der Waals surface area contributed by atoms with Crippen molar-refractivity contribution < 1.29 is 0 Å². The Kier molecular flexibility index (Phi) is 6.37. The van der Waals surface area contributed by atoms with Gasteiger partial charge in [0.15, 0.2) is 0 Å². The van der Waals surface area contributed by atoms with Crippen LogP contribution in [0.3, 0.4) is 0 Å². The van der Waals surface area contributed by atoms with Gasteiger partial charge in [-0.3, -0.25) is 4.68 Å². The van der Waals surface area contributed by atoms with Crippen molar-refractivity contribution in [3.63, 3.8) is 0 Å². The quantitative estimate of drug-likeness (QED) is 0.647. The number of hydrogen-bond acceptors (Lipinski definition) is 2. The second-order valence-corrected chi connectivity index (χ2v) is 6.45. The highest BCUT2D eigenvalue weighted by atomic mass is 15.4. The van der Waals surface area contributed by atoms with E-state index >= 15 is 0 Å². The fraction of sp³-hybridized carbons (Fsp3) is 0.867. The van der Waals surface area contributed by atoms with E-state index in [0.717, 1.165) is 18.7 Å². The first-order valence-electron chi connectivity index (χ1n) is 7.40. The molecule has 1 aromatic rings. The first-order valence-corrected chi connectivity index (χ1v) is 7.40. The number of hydrogen-bond donors (Lipinski definition) is 0. The van der Waals surface area contributed by atoms with Crippen molar-refractivity contribution in [1.29, 1.82) is 0 Å². The Morgan fingerprint density at radius 1 is 1.11 bits per heavy atom. The average Bonchev–Trinajstić information content (AvgIpc) is 2.71. The lowest BCUT2D eigenvalue weighted by Crippen LogP contribution is -2.05. The van der Waals surface area contributed by atoms with Gasteiger partial charge in [-0.1, -0.05) is 52.2 Å². The SMILES string of the molecule is CCCCCCn1cc(CCCC(C)(C)C)nn1. The number of aromatic nitrogens is 3. The summed E-state index contributed by atoms with van der Waals surface area (Å²) in [4.78, 5) is 0. The molecule has 0 saturated carbocycles. The molecular weight excluding hydrogens is 222 g/mol. The summed E-state index contributed by atoms with van der Waals surface area (Å²) in [5, 5.41) is 8.44. The second kappa shape index (κ2) is 7.55. The number of aryl methyl sites for hydroxylation is 2. The lowest BCUT2D eigenvalue weighted by Gasteiger charge is -2.16. The van der Waals surface area contributed by atoms with Crippen LogP contribution in [0.25, 0.3) is 0 Å². The summed E-state index contributed by atoms with van der Waals surface area (Å²) in [6, 6.07) is 0. The van der Waals surface area contributed by atoms with E-state index in [4.69, 9.17) is 0 Å². The molecule has 0 aromatic carbocycles. The third-order valence-corrected chi connectivity index (χ3v) is 3.19. The molecule has 0 saturated heterocycles. The van der Waals surface area contributed by atoms with Crippen LogP contribution in [0.1, 0.15) is 71.9 Å². The molecule has 1 aromatic heterocycles. The average molecular weight is 251 g/mol. The van der Waals surface area contributed by atoms with Gasteiger partial charge in [-0.25, -0.2) is 0 Å². The topological polar surface area (TPSA) is 30.7 Å². The molecule has 0 unspecified atom stereocenters. The summed E-state index contributed by atoms with van der Waals surface area (Å²) in [5.41, 5.74) is 1.57. The Bertz CT molecular complexity index is 323. The fourth-order valence-corrected chi connectivity index (χ4v) is 2.06. The first kappa shape index (κ1) is 15.2. The van der Waals surface area contributed by atoms with Gasteiger partial charge < -0.3 is 0 Å². The molecule has 0 fully saturated rings. The Hall–Kier alpha value is -0.860. The highest BCUT2D eigenvalue weighted by molar-refractivity contribution is 4.92. The third-order valence-electron chi connectivity index (χ3n) is 3.19. The number of rotatable bonds is 8. The second-order valence-electron chi connectivity index (χ2n) is 6.45. The van der Waals surface area contributed by atoms with Gasteiger partial charge in [-0.15, -0.1) is 5.10 Å². The van der Waals surface area contributed by atoms with Crippen LogP contribution in [-0.4, -0.2) is 15.0 Å². The molecule has 0 spiro atoms. The molecule has 0 bridgehead atoms. The molecule has 0 atom stereocenters. The third kappa shape index (κ3) is 6.77. The molecule has 1 rings (SSSR count). The molecule has 104 valence electrons. The number of unbranched alkanes of at least 4 members (excludes halogenated alkanes) is 3. The summed E-state index contributed by atoms with van der Waals surface area (Å²) < 4.78 is 2.00. The molecular formula is C15H29N3. The zero-order valence-electron chi connectivity index (χ0n) is 12.6. The summed E-state index contributed by atoms with van der Waals surface area (Å²) in [7, 11) is 0. The maximum atomic E-state index is 4.25. The summed E-state index contributed by atoms with van der Waals surface area (Å²) in [6.45, 7) is 10.1. The van der Waals surface area contributed by atoms with E-state index in [1.54, 1.807) is 0 Å². The van der Waals surface area contributed by atoms with Gasteiger partial charge in [0, 0.05) is 12.7 Å². The molecule has 0 amide bonds. The van der Waals surface area contributed by atoms with Crippen molar-refractivity contribution in [2.24, 2.45) is 5.41 Å². The van der Waals surface area contributed by atoms with E-state index < -0.39 is 0 Å². The maximum absolute atomic E-state index is 4.25. The van der Waals surface area contributed by atoms with Crippen molar-refractivity contribution in [1.82, 2.24) is 15.0 Å². The van der Waals surface area contributed by atoms with Gasteiger partial charge in [0.2, 0.25) is 0 Å². The predicted molar refractivity (Wildman–Crippen MR) is 76.6 cm³/mol. The van der Waals surface area contributed by atoms with E-state index in [-0.39, 0.29) is 0 Å². The van der Waals surface area contributed by atoms with Gasteiger partial charge in [-0.05, 0) is 31.1 Å². The Balaban J connectivity index is 2.21. The van der Waals surface area contributed by atoms with Crippen LogP contribution in [0.2, 0.25) is 0 Å². The van der Waals surface area contributed by atoms with E-state index in [1.807, 2.05) is 4.68 Å². The van der Waals surface area contributed by atoms with Gasteiger partial charge in [0.1, 0.15) is 0 Å². The summed E-state index contributed by atoms with van der Waals surface area (Å²) >= 11 is 0. The summed E-state index contributed by atoms with van der Waals surface area (Å²) in [5.74, 6) is 0. The van der Waals surface area contributed by atoms with Crippen LogP contribution in [0.4, 0.5) is 0 Å². The molecule has 0 radical (unpaired) electrons. The Labute approximate surface area is 112 Å². The molecule has 0 aliphatic rings. The molecule has 1 heterocycles. The van der Waals surface area contributed by atoms with E-state index in [2.05, 4.69) is 44.2 Å². The van der Waals surface area contributed by atoms with Gasteiger partial charge in [-0.2, -0.15) is 0 Å². The molecule has 18 heavy (non-hydrogen) atoms. The predicted octanol–water partition coefficient (Wildman–Crippen LogP) is 4.23. The van der Waals surface area contributed by atoms with Crippen molar-refractivity contribution in [2.45, 2.75) is 79.2 Å². The van der Waals surface area contributed by atoms with Crippen LogP contribution in [0, 0.1) is 5.41 Å². The lowest BCUT2D eigenvalue weighted by molar-refractivity contribution is 0.365. The smallest absolute Gasteiger partial charge is 0.0827 e. The van der Waals surface area contributed by atoms with Crippen LogP contribution >= 0.6 is 0 Å². The molecule has 0 aliphatic heterocycles. The largest absolute Gasteiger partial charge is 0.252 e. The van der Waals surface area contributed by atoms with E-state index in [0.29, 0.717) is 5.41 Å². The standard InChI is InChI=1S/C15H29N3/c1-5-6-7-8-12-18-13-14(16-17-18)10-9-11-15(2,3)4/h13H,5-12H2,1-4H3. The van der Waals surface area contributed by atoms with Crippen molar-refractivity contribution in [3.05, 3.63) is 11.9 Å². The van der Waals surface area contributed by atoms with Crippen LogP contribution < -0.4 is 0 Å².